The molecule has 1 amide bonds. The number of amides is 1. The van der Waals surface area contributed by atoms with Crippen LogP contribution in [0.25, 0.3) is 0 Å². The maximum atomic E-state index is 12.5. The topological polar surface area (TPSA) is 99.7 Å². The van der Waals surface area contributed by atoms with E-state index >= 15 is 0 Å². The van der Waals surface area contributed by atoms with Crippen LogP contribution < -0.4 is 16.0 Å². The van der Waals surface area contributed by atoms with Gasteiger partial charge in [0.2, 0.25) is 0 Å². The second kappa shape index (κ2) is 7.63. The van der Waals surface area contributed by atoms with Crippen LogP contribution in [0.3, 0.4) is 0 Å². The highest BCUT2D eigenvalue weighted by molar-refractivity contribution is 6.04. The first kappa shape index (κ1) is 17.3. The number of rotatable bonds is 5. The summed E-state index contributed by atoms with van der Waals surface area (Å²) in [4.78, 5) is 12.5. The summed E-state index contributed by atoms with van der Waals surface area (Å²) in [5.41, 5.74) is 2.54. The average molecular weight is 365 g/mol. The van der Waals surface area contributed by atoms with E-state index in [0.29, 0.717) is 17.3 Å². The molecule has 140 valence electrons. The molecule has 1 aliphatic heterocycles. The Morgan fingerprint density at radius 2 is 1.93 bits per heavy atom. The zero-order valence-electron chi connectivity index (χ0n) is 15.2. The standard InChI is InChI=1S/C19H23N7O/c1-26-11-8-17(25-26)21-15-4-2-14(3-5-15)19(27)22-18-12-16(23-24-18)13-6-9-20-10-7-13/h2-5,8,11-13,20H,6-7,9-10H2,1H3,(H,21,25)(H2,22,23,24,27). The number of nitrogens with one attached hydrogen (secondary N) is 4. The molecular formula is C19H23N7O. The Hall–Kier alpha value is -3.13. The van der Waals surface area contributed by atoms with Gasteiger partial charge in [-0.25, -0.2) is 0 Å². The number of aromatic amines is 1. The lowest BCUT2D eigenvalue weighted by Gasteiger charge is -2.20. The summed E-state index contributed by atoms with van der Waals surface area (Å²) in [7, 11) is 1.87. The van der Waals surface area contributed by atoms with Gasteiger partial charge >= 0.3 is 0 Å². The minimum atomic E-state index is -0.178. The third-order valence-corrected chi connectivity index (χ3v) is 4.75. The van der Waals surface area contributed by atoms with Crippen LogP contribution in [0.2, 0.25) is 0 Å². The maximum absolute atomic E-state index is 12.5. The lowest BCUT2D eigenvalue weighted by Crippen LogP contribution is -2.26. The van der Waals surface area contributed by atoms with Crippen LogP contribution >= 0.6 is 0 Å². The number of aryl methyl sites for hydroxylation is 1. The van der Waals surface area contributed by atoms with E-state index in [2.05, 4.69) is 31.2 Å². The Bertz CT molecular complexity index is 906. The van der Waals surface area contributed by atoms with E-state index in [-0.39, 0.29) is 5.91 Å². The van der Waals surface area contributed by atoms with Gasteiger partial charge in [-0.3, -0.25) is 14.6 Å². The minimum absolute atomic E-state index is 0.178. The van der Waals surface area contributed by atoms with Crippen molar-refractivity contribution < 1.29 is 4.79 Å². The molecule has 3 heterocycles. The number of anilines is 3. The summed E-state index contributed by atoms with van der Waals surface area (Å²) in [6.07, 6.45) is 4.03. The maximum Gasteiger partial charge on any atom is 0.256 e. The van der Waals surface area contributed by atoms with Gasteiger partial charge in [0.1, 0.15) is 0 Å². The van der Waals surface area contributed by atoms with Crippen LogP contribution in [-0.2, 0) is 7.05 Å². The molecule has 0 unspecified atom stereocenters. The molecule has 0 radical (unpaired) electrons. The molecule has 8 heteroatoms. The molecule has 4 rings (SSSR count). The van der Waals surface area contributed by atoms with Gasteiger partial charge in [-0.2, -0.15) is 10.2 Å². The van der Waals surface area contributed by atoms with Gasteiger partial charge in [-0.15, -0.1) is 0 Å². The Kier molecular flexibility index (Phi) is 4.88. The fourth-order valence-corrected chi connectivity index (χ4v) is 3.27. The third-order valence-electron chi connectivity index (χ3n) is 4.75. The summed E-state index contributed by atoms with van der Waals surface area (Å²) in [5.74, 6) is 1.62. The summed E-state index contributed by atoms with van der Waals surface area (Å²) in [5, 5.41) is 21.0. The lowest BCUT2D eigenvalue weighted by atomic mass is 9.95. The molecule has 1 saturated heterocycles. The molecule has 3 aromatic rings. The molecule has 0 spiro atoms. The van der Waals surface area contributed by atoms with Gasteiger partial charge in [0, 0.05) is 48.2 Å². The van der Waals surface area contributed by atoms with Crippen LogP contribution in [0.5, 0.6) is 0 Å². The fourth-order valence-electron chi connectivity index (χ4n) is 3.27. The molecule has 0 saturated carbocycles. The van der Waals surface area contributed by atoms with Crippen LogP contribution in [0.4, 0.5) is 17.3 Å². The van der Waals surface area contributed by atoms with E-state index in [1.165, 1.54) is 0 Å². The van der Waals surface area contributed by atoms with Gasteiger partial charge in [-0.05, 0) is 50.2 Å². The van der Waals surface area contributed by atoms with Gasteiger partial charge < -0.3 is 16.0 Å². The molecular weight excluding hydrogens is 342 g/mol. The normalized spacial score (nSPS) is 14.9. The van der Waals surface area contributed by atoms with Crippen molar-refractivity contribution in [1.29, 1.82) is 0 Å². The number of nitrogens with zero attached hydrogens (tertiary/aromatic N) is 3. The average Bonchev–Trinajstić information content (AvgIpc) is 3.32. The highest BCUT2D eigenvalue weighted by Crippen LogP contribution is 2.25. The molecule has 1 fully saturated rings. The van der Waals surface area contributed by atoms with Crippen molar-refractivity contribution in [3.63, 3.8) is 0 Å². The fraction of sp³-hybridized carbons (Fsp3) is 0.316. The highest BCUT2D eigenvalue weighted by Gasteiger charge is 2.18. The smallest absolute Gasteiger partial charge is 0.256 e. The highest BCUT2D eigenvalue weighted by atomic mass is 16.1. The molecule has 1 aromatic carbocycles. The minimum Gasteiger partial charge on any atom is -0.339 e. The number of benzene rings is 1. The van der Waals surface area contributed by atoms with Crippen LogP contribution in [-0.4, -0.2) is 39.0 Å². The number of carbonyl (C=O) groups excluding carboxylic acids is 1. The third kappa shape index (κ3) is 4.17. The molecule has 4 N–H and O–H groups in total. The van der Waals surface area contributed by atoms with Gasteiger partial charge in [0.25, 0.3) is 5.91 Å². The first-order chi connectivity index (χ1) is 13.2. The molecule has 0 atom stereocenters. The van der Waals surface area contributed by atoms with Crippen molar-refractivity contribution in [3.05, 3.63) is 53.9 Å². The van der Waals surface area contributed by atoms with E-state index in [4.69, 9.17) is 0 Å². The Morgan fingerprint density at radius 1 is 1.15 bits per heavy atom. The molecule has 0 aliphatic carbocycles. The van der Waals surface area contributed by atoms with E-state index in [9.17, 15) is 4.79 Å². The Labute approximate surface area is 157 Å². The Balaban J connectivity index is 1.37. The van der Waals surface area contributed by atoms with E-state index < -0.39 is 0 Å². The van der Waals surface area contributed by atoms with Crippen LogP contribution in [0.15, 0.2) is 42.6 Å². The number of H-pyrrole nitrogens is 1. The Morgan fingerprint density at radius 3 is 2.63 bits per heavy atom. The van der Waals surface area contributed by atoms with Gasteiger partial charge in [-0.1, -0.05) is 0 Å². The molecule has 27 heavy (non-hydrogen) atoms. The SMILES string of the molecule is Cn1ccc(Nc2ccc(C(=O)Nc3cc(C4CCNCC4)[nH]n3)cc2)n1. The number of hydrogen-bond acceptors (Lipinski definition) is 5. The zero-order valence-corrected chi connectivity index (χ0v) is 15.2. The second-order valence-corrected chi connectivity index (χ2v) is 6.76. The molecule has 2 aromatic heterocycles. The molecule has 0 bridgehead atoms. The number of piperidine rings is 1. The first-order valence-electron chi connectivity index (χ1n) is 9.11. The van der Waals surface area contributed by atoms with Gasteiger partial charge in [0.05, 0.1) is 0 Å². The van der Waals surface area contributed by atoms with Crippen LogP contribution in [0.1, 0.15) is 34.8 Å². The van der Waals surface area contributed by atoms with Crippen molar-refractivity contribution in [2.75, 3.05) is 23.7 Å². The van der Waals surface area contributed by atoms with Crippen LogP contribution in [0, 0.1) is 0 Å². The number of carbonyl (C=O) groups is 1. The van der Waals surface area contributed by atoms with E-state index in [1.807, 2.05) is 37.5 Å². The molecule has 8 nitrogen and oxygen atoms in total. The summed E-state index contributed by atoms with van der Waals surface area (Å²) >= 11 is 0. The first-order valence-corrected chi connectivity index (χ1v) is 9.11. The van der Waals surface area contributed by atoms with Crippen molar-refractivity contribution in [2.45, 2.75) is 18.8 Å². The monoisotopic (exact) mass is 365 g/mol. The lowest BCUT2D eigenvalue weighted by molar-refractivity contribution is 0.102. The van der Waals surface area contributed by atoms with Gasteiger partial charge in [0.15, 0.2) is 11.6 Å². The number of aromatic nitrogens is 4. The summed E-state index contributed by atoms with van der Waals surface area (Å²) < 4.78 is 1.73. The van der Waals surface area contributed by atoms with Crippen molar-refractivity contribution in [1.82, 2.24) is 25.3 Å². The largest absolute Gasteiger partial charge is 0.339 e. The zero-order chi connectivity index (χ0) is 18.6. The van der Waals surface area contributed by atoms with E-state index in [0.717, 1.165) is 43.1 Å². The van der Waals surface area contributed by atoms with Crippen molar-refractivity contribution in [3.8, 4) is 0 Å². The second-order valence-electron chi connectivity index (χ2n) is 6.76. The van der Waals surface area contributed by atoms with Crippen molar-refractivity contribution in [2.24, 2.45) is 7.05 Å². The molecule has 1 aliphatic rings. The number of hydrogen-bond donors (Lipinski definition) is 4. The summed E-state index contributed by atoms with van der Waals surface area (Å²) in [6, 6.07) is 11.1. The summed E-state index contributed by atoms with van der Waals surface area (Å²) in [6.45, 7) is 2.04. The predicted octanol–water partition coefficient (Wildman–Crippen LogP) is 2.61. The van der Waals surface area contributed by atoms with Crippen molar-refractivity contribution >= 4 is 23.2 Å². The predicted molar refractivity (Wildman–Crippen MR) is 104 cm³/mol. The quantitative estimate of drug-likeness (QED) is 0.557. The van der Waals surface area contributed by atoms with E-state index in [1.54, 1.807) is 16.8 Å².